The number of nitrogens with two attached hydrogens (primary N) is 1. The maximum absolute atomic E-state index is 17.2. The Morgan fingerprint density at radius 1 is 0.900 bits per heavy atom. The molecule has 3 amide bonds. The van der Waals surface area contributed by atoms with Gasteiger partial charge in [0.05, 0.1) is 17.6 Å². The summed E-state index contributed by atoms with van der Waals surface area (Å²) in [6.07, 6.45) is 8.23. The Morgan fingerprint density at radius 2 is 1.70 bits per heavy atom. The van der Waals surface area contributed by atoms with Crippen LogP contribution in [0, 0.1) is 23.0 Å². The van der Waals surface area contributed by atoms with Gasteiger partial charge in [0.25, 0.3) is 5.91 Å². The van der Waals surface area contributed by atoms with Crippen molar-refractivity contribution in [3.05, 3.63) is 77.0 Å². The number of hydrogen-bond acceptors (Lipinski definition) is 13. The fraction of sp³-hybridized carbons (Fsp3) is 0.509. The highest BCUT2D eigenvalue weighted by molar-refractivity contribution is 6.06. The van der Waals surface area contributed by atoms with Gasteiger partial charge in [-0.1, -0.05) is 13.0 Å². The van der Waals surface area contributed by atoms with Gasteiger partial charge in [0.2, 0.25) is 11.8 Å². The molecule has 5 fully saturated rings. The van der Waals surface area contributed by atoms with Crippen LogP contribution in [0.3, 0.4) is 0 Å². The van der Waals surface area contributed by atoms with Gasteiger partial charge in [-0.25, -0.2) is 8.78 Å². The van der Waals surface area contributed by atoms with Crippen molar-refractivity contribution in [1.29, 1.82) is 0 Å². The van der Waals surface area contributed by atoms with Crippen molar-refractivity contribution in [3.63, 3.8) is 0 Å². The number of nitrogens with one attached hydrogen (secondary N) is 1. The summed E-state index contributed by atoms with van der Waals surface area (Å²) >= 11 is 0. The zero-order valence-corrected chi connectivity index (χ0v) is 40.1. The summed E-state index contributed by atoms with van der Waals surface area (Å²) < 4.78 is 38.9. The first kappa shape index (κ1) is 46.3. The zero-order valence-electron chi connectivity index (χ0n) is 40.1. The number of halogens is 2. The molecule has 7 heterocycles. The fourth-order valence-electron chi connectivity index (χ4n) is 11.8. The smallest absolute Gasteiger partial charge is 0.319 e. The number of rotatable bonds is 12. The summed E-state index contributed by atoms with van der Waals surface area (Å²) in [6, 6.07) is 11.9. The average molecular weight is 957 g/mol. The number of ether oxygens (including phenoxy) is 1. The Labute approximate surface area is 406 Å². The number of β-amino-alcohol motifs (C(OH)–C–C–N with tert-alkyl or cyclic N) is 1. The molecule has 6 aliphatic rings. The number of carbonyl (C=O) groups is 3. The summed E-state index contributed by atoms with van der Waals surface area (Å²) in [7, 11) is 0. The molecule has 1 aliphatic carbocycles. The van der Waals surface area contributed by atoms with E-state index in [1.807, 2.05) is 24.0 Å². The quantitative estimate of drug-likeness (QED) is 0.0973. The van der Waals surface area contributed by atoms with Crippen LogP contribution in [0.2, 0.25) is 0 Å². The first-order valence-electron chi connectivity index (χ1n) is 25.2. The van der Waals surface area contributed by atoms with Gasteiger partial charge in [0, 0.05) is 99.4 Å². The topological polar surface area (TPSA) is 174 Å². The number of nitrogen functional groups attached to an aromatic ring is 1. The standard InChI is InChI=1S/C53H62F2N10O5/c1-3-37-41(54)8-5-33-23-35(56)25-39(44(33)37)46-45(55)47-40(26-57-46)48(64-16-4-13-52(2,69)29-64)60-51(59-47)70-31-53(14-15-53)30-62-17-11-32(12-18-62)27-61-19-21-63(22-20-61)36-6-7-38-34(24-36)28-65(50(38)68)42-9-10-43(66)58-49(42)67/h5-8,23-26,32,42,69H,3-4,9-22,27-31,56H2,1-2H3,(H,58,66,67)/t42-,52+/m0/s1. The molecule has 3 aromatic carbocycles. The van der Waals surface area contributed by atoms with Gasteiger partial charge in [-0.15, -0.1) is 0 Å². The highest BCUT2D eigenvalue weighted by Gasteiger charge is 2.46. The van der Waals surface area contributed by atoms with Crippen molar-refractivity contribution in [2.75, 3.05) is 87.6 Å². The number of piperazine rings is 1. The number of nitrogens with zero attached hydrogens (tertiary/aromatic N) is 8. The lowest BCUT2D eigenvalue weighted by atomic mass is 9.94. The van der Waals surface area contributed by atoms with Crippen molar-refractivity contribution in [2.24, 2.45) is 11.3 Å². The molecule has 70 heavy (non-hydrogen) atoms. The monoisotopic (exact) mass is 956 g/mol. The minimum atomic E-state index is -0.953. The van der Waals surface area contributed by atoms with Gasteiger partial charge in [-0.2, -0.15) is 9.97 Å². The largest absolute Gasteiger partial charge is 0.463 e. The van der Waals surface area contributed by atoms with Crippen LogP contribution in [-0.2, 0) is 22.6 Å². The molecule has 1 saturated carbocycles. The van der Waals surface area contributed by atoms with Crippen LogP contribution in [0.5, 0.6) is 6.01 Å². The Morgan fingerprint density at radius 3 is 2.44 bits per heavy atom. The molecule has 0 radical (unpaired) electrons. The van der Waals surface area contributed by atoms with Crippen LogP contribution < -0.4 is 25.6 Å². The van der Waals surface area contributed by atoms with Crippen LogP contribution in [0.1, 0.15) is 86.7 Å². The van der Waals surface area contributed by atoms with E-state index in [1.54, 1.807) is 36.2 Å². The number of benzene rings is 3. The number of imide groups is 1. The Bertz CT molecular complexity index is 2900. The lowest BCUT2D eigenvalue weighted by molar-refractivity contribution is -0.136. The number of piperidine rings is 3. The van der Waals surface area contributed by atoms with Gasteiger partial charge < -0.3 is 35.2 Å². The van der Waals surface area contributed by atoms with E-state index in [0.717, 1.165) is 95.7 Å². The maximum Gasteiger partial charge on any atom is 0.319 e. The molecule has 0 spiro atoms. The normalized spacial score (nSPS) is 23.4. The van der Waals surface area contributed by atoms with E-state index in [-0.39, 0.29) is 46.7 Å². The number of aromatic nitrogens is 3. The highest BCUT2D eigenvalue weighted by Crippen LogP contribution is 2.47. The number of amides is 3. The molecular weight excluding hydrogens is 895 g/mol. The highest BCUT2D eigenvalue weighted by atomic mass is 19.1. The fourth-order valence-corrected chi connectivity index (χ4v) is 11.8. The second-order valence-corrected chi connectivity index (χ2v) is 21.1. The third kappa shape index (κ3) is 9.00. The second-order valence-electron chi connectivity index (χ2n) is 21.1. The number of anilines is 3. The van der Waals surface area contributed by atoms with Crippen LogP contribution in [0.15, 0.2) is 48.7 Å². The lowest BCUT2D eigenvalue weighted by Crippen LogP contribution is -2.52. The summed E-state index contributed by atoms with van der Waals surface area (Å²) in [4.78, 5) is 62.8. The predicted octanol–water partition coefficient (Wildman–Crippen LogP) is 6.07. The van der Waals surface area contributed by atoms with E-state index < -0.39 is 23.4 Å². The van der Waals surface area contributed by atoms with Crippen LogP contribution in [0.25, 0.3) is 32.9 Å². The van der Waals surface area contributed by atoms with Gasteiger partial charge >= 0.3 is 6.01 Å². The Balaban J connectivity index is 0.723. The number of aryl methyl sites for hydroxylation is 1. The molecular formula is C53H62F2N10O5. The van der Waals surface area contributed by atoms with Gasteiger partial charge in [-0.05, 0) is 136 Å². The van der Waals surface area contributed by atoms with Crippen molar-refractivity contribution in [2.45, 2.75) is 89.8 Å². The first-order chi connectivity index (χ1) is 33.7. The van der Waals surface area contributed by atoms with Crippen molar-refractivity contribution in [3.8, 4) is 17.3 Å². The minimum Gasteiger partial charge on any atom is -0.463 e. The summed E-state index contributed by atoms with van der Waals surface area (Å²) in [6.45, 7) is 13.1. The first-order valence-corrected chi connectivity index (χ1v) is 25.2. The number of fused-ring (bicyclic) bond motifs is 3. The van der Waals surface area contributed by atoms with Gasteiger partial charge in [-0.3, -0.25) is 29.6 Å². The van der Waals surface area contributed by atoms with Crippen molar-refractivity contribution >= 4 is 56.6 Å². The molecule has 5 aromatic rings. The third-order valence-corrected chi connectivity index (χ3v) is 15.9. The molecule has 0 bridgehead atoms. The Kier molecular flexibility index (Phi) is 12.1. The van der Waals surface area contributed by atoms with Crippen LogP contribution in [-0.4, -0.2) is 136 Å². The number of carbonyl (C=O) groups excluding carboxylic acids is 3. The van der Waals surface area contributed by atoms with E-state index in [2.05, 4.69) is 31.1 Å². The van der Waals surface area contributed by atoms with Crippen molar-refractivity contribution < 1.29 is 33.0 Å². The van der Waals surface area contributed by atoms with Crippen molar-refractivity contribution in [1.82, 2.24) is 35.0 Å². The van der Waals surface area contributed by atoms with Crippen LogP contribution in [0.4, 0.5) is 26.0 Å². The van der Waals surface area contributed by atoms with E-state index in [0.29, 0.717) is 95.8 Å². The molecule has 2 atom stereocenters. The molecule has 4 N–H and O–H groups in total. The van der Waals surface area contributed by atoms with Crippen LogP contribution >= 0.6 is 0 Å². The number of hydrogen-bond donors (Lipinski definition) is 3. The van der Waals surface area contributed by atoms with E-state index >= 15 is 8.78 Å². The molecule has 15 nitrogen and oxygen atoms in total. The second kappa shape index (κ2) is 18.3. The lowest BCUT2D eigenvalue weighted by Gasteiger charge is -2.40. The molecule has 17 heteroatoms. The minimum absolute atomic E-state index is 0.0214. The summed E-state index contributed by atoms with van der Waals surface area (Å²) in [5.41, 5.74) is 9.33. The SMILES string of the molecule is CCc1c(F)ccc2cc(N)cc(-c3ncc4c(N5CCC[C@@](C)(O)C5)nc(OCC5(CN6CCC(CN7CCN(c8ccc9c(c8)CN([C@H]8CCC(=O)NC8=O)C9=O)CC7)CC6)CC5)nc4c3F)c12. The zero-order chi connectivity index (χ0) is 48.5. The van der Waals surface area contributed by atoms with E-state index in [4.69, 9.17) is 20.4 Å². The van der Waals surface area contributed by atoms with E-state index in [1.165, 1.54) is 6.07 Å². The molecule has 368 valence electrons. The number of aliphatic hydroxyl groups is 1. The molecule has 5 aliphatic heterocycles. The number of pyridine rings is 1. The van der Waals surface area contributed by atoms with E-state index in [9.17, 15) is 19.5 Å². The van der Waals surface area contributed by atoms with Gasteiger partial charge in [0.1, 0.15) is 28.9 Å². The molecule has 11 rings (SSSR count). The van der Waals surface area contributed by atoms with Gasteiger partial charge in [0.15, 0.2) is 5.82 Å². The maximum atomic E-state index is 17.2. The Hall–Kier alpha value is -6.04. The summed E-state index contributed by atoms with van der Waals surface area (Å²) in [5, 5.41) is 15.2. The molecule has 4 saturated heterocycles. The average Bonchev–Trinajstić information content (AvgIpc) is 4.04. The summed E-state index contributed by atoms with van der Waals surface area (Å²) in [5.74, 6) is -0.791. The number of likely N-dealkylation sites (tertiary alicyclic amines) is 1. The predicted molar refractivity (Wildman–Crippen MR) is 264 cm³/mol. The molecule has 0 unspecified atom stereocenters. The third-order valence-electron chi connectivity index (χ3n) is 15.9. The molecule has 2 aromatic heterocycles.